The molecule has 0 spiro atoms. The first-order valence-electron chi connectivity index (χ1n) is 11.2. The molecule has 1 amide bonds. The second-order valence-corrected chi connectivity index (χ2v) is 8.85. The van der Waals surface area contributed by atoms with Crippen LogP contribution in [0.3, 0.4) is 0 Å². The van der Waals surface area contributed by atoms with Gasteiger partial charge in [0.15, 0.2) is 17.3 Å². The summed E-state index contributed by atoms with van der Waals surface area (Å²) >= 11 is 5.92. The molecule has 0 bridgehead atoms. The number of likely N-dealkylation sites (tertiary alicyclic amines) is 1. The van der Waals surface area contributed by atoms with Crippen molar-refractivity contribution in [1.29, 1.82) is 0 Å². The zero-order valence-electron chi connectivity index (χ0n) is 19.8. The van der Waals surface area contributed by atoms with E-state index >= 15 is 0 Å². The van der Waals surface area contributed by atoms with E-state index in [1.807, 2.05) is 25.1 Å². The van der Waals surface area contributed by atoms with Gasteiger partial charge in [-0.2, -0.15) is 0 Å². The molecule has 2 aromatic carbocycles. The van der Waals surface area contributed by atoms with Gasteiger partial charge >= 0.3 is 0 Å². The number of fused-ring (bicyclic) bond motifs is 1. The van der Waals surface area contributed by atoms with Crippen LogP contribution in [-0.2, 0) is 4.79 Å². The monoisotopic (exact) mass is 499 g/mol. The fraction of sp³-hybridized carbons (Fsp3) is 0.320. The van der Waals surface area contributed by atoms with Crippen LogP contribution in [0, 0.1) is 5.82 Å². The van der Waals surface area contributed by atoms with Crippen molar-refractivity contribution < 1.29 is 18.7 Å². The van der Waals surface area contributed by atoms with Crippen molar-refractivity contribution in [2.45, 2.75) is 12.5 Å². The Hall–Kier alpha value is -3.43. The van der Waals surface area contributed by atoms with Gasteiger partial charge in [0.2, 0.25) is 5.91 Å². The molecule has 0 saturated carbocycles. The van der Waals surface area contributed by atoms with E-state index in [1.54, 1.807) is 42.4 Å². The lowest BCUT2D eigenvalue weighted by Crippen LogP contribution is -2.29. The smallest absolute Gasteiger partial charge is 0.246 e. The Morgan fingerprint density at radius 2 is 2.14 bits per heavy atom. The van der Waals surface area contributed by atoms with Crippen molar-refractivity contribution in [1.82, 2.24) is 19.8 Å². The van der Waals surface area contributed by atoms with Crippen LogP contribution in [0.25, 0.3) is 10.9 Å². The Morgan fingerprint density at radius 3 is 2.91 bits per heavy atom. The highest BCUT2D eigenvalue weighted by Gasteiger charge is 2.27. The van der Waals surface area contributed by atoms with Gasteiger partial charge in [-0.1, -0.05) is 23.7 Å². The number of nitrogens with one attached hydrogen (secondary N) is 1. The summed E-state index contributed by atoms with van der Waals surface area (Å²) in [5.41, 5.74) is 0.798. The minimum atomic E-state index is -0.568. The topological polar surface area (TPSA) is 79.8 Å². The van der Waals surface area contributed by atoms with Gasteiger partial charge in [-0.25, -0.2) is 14.4 Å². The van der Waals surface area contributed by atoms with Gasteiger partial charge in [0, 0.05) is 37.0 Å². The van der Waals surface area contributed by atoms with Crippen LogP contribution >= 0.6 is 11.6 Å². The fourth-order valence-electron chi connectivity index (χ4n) is 3.82. The number of nitrogens with zero attached hydrogens (tertiary/aromatic N) is 4. The van der Waals surface area contributed by atoms with Crippen LogP contribution in [-0.4, -0.2) is 72.6 Å². The van der Waals surface area contributed by atoms with Crippen LogP contribution in [0.4, 0.5) is 15.9 Å². The van der Waals surface area contributed by atoms with Crippen molar-refractivity contribution in [3.8, 4) is 11.5 Å². The Kier molecular flexibility index (Phi) is 7.67. The molecule has 1 fully saturated rings. The summed E-state index contributed by atoms with van der Waals surface area (Å²) in [6.45, 7) is 1.78. The van der Waals surface area contributed by atoms with Crippen LogP contribution in [0.5, 0.6) is 11.5 Å². The zero-order chi connectivity index (χ0) is 24.9. The first-order chi connectivity index (χ1) is 16.9. The number of halogens is 2. The van der Waals surface area contributed by atoms with E-state index < -0.39 is 5.82 Å². The third kappa shape index (κ3) is 5.80. The normalized spacial score (nSPS) is 15.8. The van der Waals surface area contributed by atoms with Crippen molar-refractivity contribution in [2.75, 3.05) is 46.2 Å². The maximum atomic E-state index is 14.5. The van der Waals surface area contributed by atoms with E-state index in [0.29, 0.717) is 54.3 Å². The summed E-state index contributed by atoms with van der Waals surface area (Å²) in [5.74, 6) is 0.796. The molecule has 184 valence electrons. The number of carbonyl (C=O) groups is 1. The Labute approximate surface area is 208 Å². The molecular formula is C25H27ClFN5O3. The van der Waals surface area contributed by atoms with Crippen LogP contribution in [0.2, 0.25) is 5.02 Å². The highest BCUT2D eigenvalue weighted by Crippen LogP contribution is 2.36. The Morgan fingerprint density at radius 1 is 1.31 bits per heavy atom. The summed E-state index contributed by atoms with van der Waals surface area (Å²) in [4.78, 5) is 24.8. The summed E-state index contributed by atoms with van der Waals surface area (Å²) in [7, 11) is 5.45. The van der Waals surface area contributed by atoms with Gasteiger partial charge in [-0.05, 0) is 32.3 Å². The van der Waals surface area contributed by atoms with Crippen molar-refractivity contribution in [3.05, 3.63) is 59.7 Å². The molecule has 4 rings (SSSR count). The summed E-state index contributed by atoms with van der Waals surface area (Å²) < 4.78 is 26.2. The summed E-state index contributed by atoms with van der Waals surface area (Å²) in [6, 6.07) is 8.21. The lowest BCUT2D eigenvalue weighted by atomic mass is 10.2. The number of methoxy groups -OCH3 is 1. The highest BCUT2D eigenvalue weighted by molar-refractivity contribution is 6.31. The van der Waals surface area contributed by atoms with E-state index in [1.165, 1.54) is 12.4 Å². The molecule has 1 aliphatic heterocycles. The van der Waals surface area contributed by atoms with E-state index in [2.05, 4.69) is 15.3 Å². The molecular weight excluding hydrogens is 473 g/mol. The van der Waals surface area contributed by atoms with Crippen molar-refractivity contribution in [3.63, 3.8) is 0 Å². The molecule has 1 N–H and O–H groups in total. The average molecular weight is 500 g/mol. The van der Waals surface area contributed by atoms with E-state index in [9.17, 15) is 9.18 Å². The SMILES string of the molecule is COc1cc2ncnc(Nc3cccc(Cl)c3F)c2cc1O[C@H]1CCN(C(=O)C=CCN(C)C)C1. The third-order valence-corrected chi connectivity index (χ3v) is 5.90. The average Bonchev–Trinajstić information content (AvgIpc) is 3.30. The highest BCUT2D eigenvalue weighted by atomic mass is 35.5. The van der Waals surface area contributed by atoms with Crippen LogP contribution in [0.15, 0.2) is 48.8 Å². The van der Waals surface area contributed by atoms with Crippen LogP contribution < -0.4 is 14.8 Å². The number of amides is 1. The minimum absolute atomic E-state index is 0.0101. The maximum absolute atomic E-state index is 14.5. The van der Waals surface area contributed by atoms with E-state index in [-0.39, 0.29) is 22.7 Å². The molecule has 2 heterocycles. The largest absolute Gasteiger partial charge is 0.493 e. The molecule has 1 saturated heterocycles. The standard InChI is InChI=1S/C25H27ClFN5O3/c1-31(2)10-5-8-23(33)32-11-9-16(14-32)35-22-12-17-20(13-21(22)34-3)28-15-29-25(17)30-19-7-4-6-18(26)24(19)27/h4-8,12-13,15-16H,9-11,14H2,1-3H3,(H,28,29,30)/t16-/m0/s1. The number of hydrogen-bond acceptors (Lipinski definition) is 7. The quantitative estimate of drug-likeness (QED) is 0.463. The number of aromatic nitrogens is 2. The first kappa shape index (κ1) is 24.7. The van der Waals surface area contributed by atoms with Crippen molar-refractivity contribution >= 4 is 39.9 Å². The van der Waals surface area contributed by atoms with Gasteiger partial charge in [-0.3, -0.25) is 4.79 Å². The summed E-state index contributed by atoms with van der Waals surface area (Å²) in [6.07, 6.45) is 5.33. The predicted molar refractivity (Wildman–Crippen MR) is 134 cm³/mol. The van der Waals surface area contributed by atoms with Crippen molar-refractivity contribution in [2.24, 2.45) is 0 Å². The molecule has 3 aromatic rings. The van der Waals surface area contributed by atoms with Crippen LogP contribution in [0.1, 0.15) is 6.42 Å². The molecule has 0 aliphatic carbocycles. The molecule has 1 atom stereocenters. The Balaban J connectivity index is 1.55. The predicted octanol–water partition coefficient (Wildman–Crippen LogP) is 4.27. The number of benzene rings is 2. The molecule has 0 radical (unpaired) electrons. The lowest BCUT2D eigenvalue weighted by Gasteiger charge is -2.18. The first-order valence-corrected chi connectivity index (χ1v) is 11.5. The lowest BCUT2D eigenvalue weighted by molar-refractivity contribution is -0.125. The number of likely N-dealkylation sites (N-methyl/N-ethyl adjacent to an activating group) is 1. The summed E-state index contributed by atoms with van der Waals surface area (Å²) in [5, 5.41) is 3.63. The number of anilines is 2. The molecule has 8 nitrogen and oxygen atoms in total. The molecule has 0 unspecified atom stereocenters. The number of carbonyl (C=O) groups excluding carboxylic acids is 1. The number of ether oxygens (including phenoxy) is 2. The minimum Gasteiger partial charge on any atom is -0.493 e. The van der Waals surface area contributed by atoms with E-state index in [4.69, 9.17) is 21.1 Å². The van der Waals surface area contributed by atoms with Gasteiger partial charge in [-0.15, -0.1) is 0 Å². The third-order valence-electron chi connectivity index (χ3n) is 5.61. The Bertz CT molecular complexity index is 1250. The van der Waals surface area contributed by atoms with Gasteiger partial charge < -0.3 is 24.6 Å². The second kappa shape index (κ2) is 10.9. The maximum Gasteiger partial charge on any atom is 0.246 e. The van der Waals surface area contributed by atoms with E-state index in [0.717, 1.165) is 0 Å². The van der Waals surface area contributed by atoms with Gasteiger partial charge in [0.05, 0.1) is 29.9 Å². The molecule has 1 aliphatic rings. The fourth-order valence-corrected chi connectivity index (χ4v) is 3.99. The molecule has 10 heteroatoms. The number of hydrogen-bond donors (Lipinski definition) is 1. The number of rotatable bonds is 8. The second-order valence-electron chi connectivity index (χ2n) is 8.45. The molecule has 35 heavy (non-hydrogen) atoms. The van der Waals surface area contributed by atoms with Gasteiger partial charge in [0.1, 0.15) is 18.2 Å². The van der Waals surface area contributed by atoms with Gasteiger partial charge in [0.25, 0.3) is 0 Å². The molecule has 1 aromatic heterocycles. The zero-order valence-corrected chi connectivity index (χ0v) is 20.6.